The number of nitrogens with one attached hydrogen (secondary N) is 2. The van der Waals surface area contributed by atoms with Crippen molar-refractivity contribution in [1.29, 1.82) is 5.26 Å². The Balaban J connectivity index is 3.22. The standard InChI is InChI=1S/C8H13N3O/c1-2-5-10-7-8(12)11-6-3-4-9/h2,10H,1,3,5-7H2,(H,11,12). The number of amides is 1. The van der Waals surface area contributed by atoms with Crippen molar-refractivity contribution >= 4 is 5.91 Å². The Kier molecular flexibility index (Phi) is 6.90. The molecule has 0 heterocycles. The summed E-state index contributed by atoms with van der Waals surface area (Å²) >= 11 is 0. The van der Waals surface area contributed by atoms with Gasteiger partial charge in [-0.05, 0) is 0 Å². The van der Waals surface area contributed by atoms with Crippen molar-refractivity contribution in [2.75, 3.05) is 19.6 Å². The molecule has 0 aliphatic rings. The second-order valence-corrected chi connectivity index (χ2v) is 2.18. The van der Waals surface area contributed by atoms with E-state index in [1.807, 2.05) is 6.07 Å². The van der Waals surface area contributed by atoms with Crippen LogP contribution in [-0.4, -0.2) is 25.5 Å². The molecule has 0 atom stereocenters. The van der Waals surface area contributed by atoms with E-state index in [-0.39, 0.29) is 12.5 Å². The highest BCUT2D eigenvalue weighted by atomic mass is 16.1. The van der Waals surface area contributed by atoms with Gasteiger partial charge in [0, 0.05) is 13.1 Å². The van der Waals surface area contributed by atoms with Crippen LogP contribution in [0.5, 0.6) is 0 Å². The molecule has 0 aliphatic carbocycles. The number of hydrogen-bond donors (Lipinski definition) is 2. The average molecular weight is 167 g/mol. The summed E-state index contributed by atoms with van der Waals surface area (Å²) in [6.07, 6.45) is 2.04. The molecule has 0 saturated carbocycles. The Bertz CT molecular complexity index is 183. The van der Waals surface area contributed by atoms with Crippen LogP contribution >= 0.6 is 0 Å². The predicted octanol–water partition coefficient (Wildman–Crippen LogP) is -0.208. The maximum absolute atomic E-state index is 10.9. The van der Waals surface area contributed by atoms with Crippen LogP contribution in [0.1, 0.15) is 6.42 Å². The molecule has 0 bridgehead atoms. The van der Waals surface area contributed by atoms with Crippen molar-refractivity contribution in [2.45, 2.75) is 6.42 Å². The van der Waals surface area contributed by atoms with Gasteiger partial charge >= 0.3 is 0 Å². The Morgan fingerprint density at radius 2 is 2.42 bits per heavy atom. The molecule has 0 aliphatic heterocycles. The zero-order valence-corrected chi connectivity index (χ0v) is 6.97. The van der Waals surface area contributed by atoms with E-state index in [1.54, 1.807) is 6.08 Å². The lowest BCUT2D eigenvalue weighted by molar-refractivity contribution is -0.120. The smallest absolute Gasteiger partial charge is 0.233 e. The topological polar surface area (TPSA) is 64.9 Å². The van der Waals surface area contributed by atoms with Crippen molar-refractivity contribution in [3.63, 3.8) is 0 Å². The Labute approximate surface area is 72.3 Å². The first-order valence-electron chi connectivity index (χ1n) is 3.76. The molecule has 0 fully saturated rings. The zero-order valence-electron chi connectivity index (χ0n) is 6.97. The summed E-state index contributed by atoms with van der Waals surface area (Å²) < 4.78 is 0. The van der Waals surface area contributed by atoms with Gasteiger partial charge in [-0.3, -0.25) is 4.79 Å². The minimum atomic E-state index is -0.0906. The molecular weight excluding hydrogens is 154 g/mol. The Morgan fingerprint density at radius 3 is 3.00 bits per heavy atom. The monoisotopic (exact) mass is 167 g/mol. The molecule has 12 heavy (non-hydrogen) atoms. The molecule has 4 nitrogen and oxygen atoms in total. The molecule has 4 heteroatoms. The molecule has 1 amide bonds. The van der Waals surface area contributed by atoms with Crippen molar-refractivity contribution in [1.82, 2.24) is 10.6 Å². The molecule has 0 unspecified atom stereocenters. The lowest BCUT2D eigenvalue weighted by Gasteiger charge is -2.01. The zero-order chi connectivity index (χ0) is 9.23. The fraction of sp³-hybridized carbons (Fsp3) is 0.500. The van der Waals surface area contributed by atoms with E-state index in [0.29, 0.717) is 19.5 Å². The quantitative estimate of drug-likeness (QED) is 0.425. The normalized spacial score (nSPS) is 8.58. The molecule has 0 aromatic rings. The molecule has 0 aromatic carbocycles. The fourth-order valence-electron chi connectivity index (χ4n) is 0.608. The van der Waals surface area contributed by atoms with E-state index in [4.69, 9.17) is 5.26 Å². The van der Waals surface area contributed by atoms with Gasteiger partial charge in [0.25, 0.3) is 0 Å². The van der Waals surface area contributed by atoms with Crippen molar-refractivity contribution in [2.24, 2.45) is 0 Å². The number of nitrogens with zero attached hydrogens (tertiary/aromatic N) is 1. The first-order chi connectivity index (χ1) is 5.81. The molecule has 0 rings (SSSR count). The molecule has 0 radical (unpaired) electrons. The van der Waals surface area contributed by atoms with Crippen molar-refractivity contribution < 1.29 is 4.79 Å². The first-order valence-corrected chi connectivity index (χ1v) is 3.76. The minimum Gasteiger partial charge on any atom is -0.354 e. The molecule has 66 valence electrons. The lowest BCUT2D eigenvalue weighted by atomic mass is 10.4. The maximum Gasteiger partial charge on any atom is 0.233 e. The number of carbonyl (C=O) groups is 1. The summed E-state index contributed by atoms with van der Waals surface area (Å²) in [5.41, 5.74) is 0. The summed E-state index contributed by atoms with van der Waals surface area (Å²) in [5, 5.41) is 13.6. The van der Waals surface area contributed by atoms with Crippen LogP contribution in [0.25, 0.3) is 0 Å². The number of carbonyl (C=O) groups excluding carboxylic acids is 1. The second-order valence-electron chi connectivity index (χ2n) is 2.18. The SMILES string of the molecule is C=CCNCC(=O)NCCC#N. The van der Waals surface area contributed by atoms with Gasteiger partial charge in [0.05, 0.1) is 19.0 Å². The van der Waals surface area contributed by atoms with Gasteiger partial charge in [-0.2, -0.15) is 5.26 Å². The highest BCUT2D eigenvalue weighted by Gasteiger charge is 1.96. The molecular formula is C8H13N3O. The van der Waals surface area contributed by atoms with Crippen molar-refractivity contribution in [3.8, 4) is 6.07 Å². The molecule has 0 spiro atoms. The van der Waals surface area contributed by atoms with E-state index >= 15 is 0 Å². The minimum absolute atomic E-state index is 0.0906. The predicted molar refractivity (Wildman–Crippen MR) is 46.3 cm³/mol. The van der Waals surface area contributed by atoms with E-state index in [1.165, 1.54) is 0 Å². The van der Waals surface area contributed by atoms with E-state index in [9.17, 15) is 4.79 Å². The van der Waals surface area contributed by atoms with E-state index < -0.39 is 0 Å². The summed E-state index contributed by atoms with van der Waals surface area (Å²) in [6, 6.07) is 1.94. The van der Waals surface area contributed by atoms with E-state index in [0.717, 1.165) is 0 Å². The summed E-state index contributed by atoms with van der Waals surface area (Å²) in [6.45, 7) is 4.81. The maximum atomic E-state index is 10.9. The third-order valence-corrected chi connectivity index (χ3v) is 1.13. The molecule has 0 saturated heterocycles. The van der Waals surface area contributed by atoms with Gasteiger partial charge in [-0.15, -0.1) is 6.58 Å². The second kappa shape index (κ2) is 7.76. The number of nitriles is 1. The van der Waals surface area contributed by atoms with Crippen LogP contribution in [0.2, 0.25) is 0 Å². The van der Waals surface area contributed by atoms with Crippen LogP contribution in [0.4, 0.5) is 0 Å². The third kappa shape index (κ3) is 6.78. The summed E-state index contributed by atoms with van der Waals surface area (Å²) in [7, 11) is 0. The molecule has 2 N–H and O–H groups in total. The fourth-order valence-corrected chi connectivity index (χ4v) is 0.608. The van der Waals surface area contributed by atoms with Gasteiger partial charge in [0.2, 0.25) is 5.91 Å². The van der Waals surface area contributed by atoms with Gasteiger partial charge in [0.15, 0.2) is 0 Å². The number of rotatable bonds is 6. The third-order valence-electron chi connectivity index (χ3n) is 1.13. The van der Waals surface area contributed by atoms with Crippen LogP contribution in [0.3, 0.4) is 0 Å². The van der Waals surface area contributed by atoms with Crippen LogP contribution in [0.15, 0.2) is 12.7 Å². The van der Waals surface area contributed by atoms with Gasteiger partial charge in [0.1, 0.15) is 0 Å². The Morgan fingerprint density at radius 1 is 1.67 bits per heavy atom. The van der Waals surface area contributed by atoms with Crippen LogP contribution in [-0.2, 0) is 4.79 Å². The van der Waals surface area contributed by atoms with E-state index in [2.05, 4.69) is 17.2 Å². The largest absolute Gasteiger partial charge is 0.354 e. The highest BCUT2D eigenvalue weighted by Crippen LogP contribution is 1.71. The number of hydrogen-bond acceptors (Lipinski definition) is 3. The molecule has 0 aromatic heterocycles. The highest BCUT2D eigenvalue weighted by molar-refractivity contribution is 5.77. The van der Waals surface area contributed by atoms with Crippen LogP contribution in [0, 0.1) is 11.3 Å². The summed E-state index contributed by atoms with van der Waals surface area (Å²) in [5.74, 6) is -0.0906. The van der Waals surface area contributed by atoms with Gasteiger partial charge in [-0.25, -0.2) is 0 Å². The van der Waals surface area contributed by atoms with Crippen molar-refractivity contribution in [3.05, 3.63) is 12.7 Å². The Hall–Kier alpha value is -1.34. The first kappa shape index (κ1) is 10.7. The average Bonchev–Trinajstić information content (AvgIpc) is 2.06. The van der Waals surface area contributed by atoms with Gasteiger partial charge < -0.3 is 10.6 Å². The summed E-state index contributed by atoms with van der Waals surface area (Å²) in [4.78, 5) is 10.9. The van der Waals surface area contributed by atoms with Gasteiger partial charge in [-0.1, -0.05) is 6.08 Å². The lowest BCUT2D eigenvalue weighted by Crippen LogP contribution is -2.34. The van der Waals surface area contributed by atoms with Crippen LogP contribution < -0.4 is 10.6 Å².